The van der Waals surface area contributed by atoms with Gasteiger partial charge in [-0.2, -0.15) is 0 Å². The number of allylic oxidation sites excluding steroid dienone is 2. The van der Waals surface area contributed by atoms with Crippen LogP contribution in [0.25, 0.3) is 0 Å². The molecule has 62 valence electrons. The molecule has 0 spiro atoms. The monoisotopic (exact) mass is 151 g/mol. The number of hydrogen-bond acceptors (Lipinski definition) is 1. The Balaban J connectivity index is 2.18. The summed E-state index contributed by atoms with van der Waals surface area (Å²) in [6.45, 7) is 6.16. The molecule has 0 radical (unpaired) electrons. The third-order valence-corrected chi connectivity index (χ3v) is 2.01. The van der Waals surface area contributed by atoms with Gasteiger partial charge in [0.2, 0.25) is 0 Å². The van der Waals surface area contributed by atoms with Crippen LogP contribution in [0.1, 0.15) is 25.7 Å². The van der Waals surface area contributed by atoms with Crippen LogP contribution in [0, 0.1) is 0 Å². The van der Waals surface area contributed by atoms with Crippen molar-refractivity contribution in [1.29, 1.82) is 0 Å². The van der Waals surface area contributed by atoms with E-state index in [2.05, 4.69) is 23.8 Å². The molecule has 1 rings (SSSR count). The van der Waals surface area contributed by atoms with E-state index in [0.717, 1.165) is 6.42 Å². The van der Waals surface area contributed by atoms with Gasteiger partial charge in [0, 0.05) is 13.1 Å². The quantitative estimate of drug-likeness (QED) is 0.560. The van der Waals surface area contributed by atoms with E-state index in [1.54, 1.807) is 0 Å². The Hall–Kier alpha value is -0.720. The van der Waals surface area contributed by atoms with Gasteiger partial charge in [-0.25, -0.2) is 0 Å². The smallest absolute Gasteiger partial charge is 0.0172 e. The molecule has 0 saturated carbocycles. The minimum Gasteiger partial charge on any atom is -0.378 e. The summed E-state index contributed by atoms with van der Waals surface area (Å²) < 4.78 is 0. The number of hydrogen-bond donors (Lipinski definition) is 0. The largest absolute Gasteiger partial charge is 0.378 e. The summed E-state index contributed by atoms with van der Waals surface area (Å²) >= 11 is 0. The van der Waals surface area contributed by atoms with Crippen molar-refractivity contribution >= 4 is 0 Å². The van der Waals surface area contributed by atoms with Crippen LogP contribution in [0.2, 0.25) is 0 Å². The molecule has 0 aliphatic carbocycles. The van der Waals surface area contributed by atoms with Gasteiger partial charge < -0.3 is 4.90 Å². The zero-order valence-electron chi connectivity index (χ0n) is 7.13. The highest BCUT2D eigenvalue weighted by atomic mass is 15.1. The molecular weight excluding hydrogens is 134 g/mol. The summed E-state index contributed by atoms with van der Waals surface area (Å²) in [7, 11) is 0. The van der Waals surface area contributed by atoms with Gasteiger partial charge in [0.1, 0.15) is 0 Å². The van der Waals surface area contributed by atoms with Gasteiger partial charge in [0.05, 0.1) is 0 Å². The van der Waals surface area contributed by atoms with Crippen LogP contribution in [0.5, 0.6) is 0 Å². The van der Waals surface area contributed by atoms with Crippen molar-refractivity contribution in [3.05, 3.63) is 24.9 Å². The summed E-state index contributed by atoms with van der Waals surface area (Å²) in [6, 6.07) is 0. The molecule has 0 amide bonds. The van der Waals surface area contributed by atoms with Crippen molar-refractivity contribution in [3.63, 3.8) is 0 Å². The van der Waals surface area contributed by atoms with E-state index in [1.165, 1.54) is 32.4 Å². The maximum absolute atomic E-state index is 3.67. The van der Waals surface area contributed by atoms with E-state index in [0.29, 0.717) is 0 Å². The highest BCUT2D eigenvalue weighted by Crippen LogP contribution is 2.08. The van der Waals surface area contributed by atoms with Gasteiger partial charge in [-0.3, -0.25) is 0 Å². The lowest BCUT2D eigenvalue weighted by molar-refractivity contribution is 0.309. The topological polar surface area (TPSA) is 3.24 Å². The van der Waals surface area contributed by atoms with Crippen LogP contribution in [0.15, 0.2) is 24.9 Å². The van der Waals surface area contributed by atoms with Crippen molar-refractivity contribution in [3.8, 4) is 0 Å². The lowest BCUT2D eigenvalue weighted by atomic mass is 10.1. The molecule has 1 fully saturated rings. The second kappa shape index (κ2) is 5.00. The molecule has 0 bridgehead atoms. The second-order valence-electron chi connectivity index (χ2n) is 3.01. The van der Waals surface area contributed by atoms with Gasteiger partial charge in [-0.15, -0.1) is 6.58 Å². The molecule has 1 saturated heterocycles. The molecule has 0 unspecified atom stereocenters. The van der Waals surface area contributed by atoms with Crippen LogP contribution in [-0.2, 0) is 0 Å². The van der Waals surface area contributed by atoms with Crippen molar-refractivity contribution in [1.82, 2.24) is 4.90 Å². The van der Waals surface area contributed by atoms with Gasteiger partial charge in [0.15, 0.2) is 0 Å². The average molecular weight is 151 g/mol. The van der Waals surface area contributed by atoms with Gasteiger partial charge in [-0.1, -0.05) is 12.2 Å². The van der Waals surface area contributed by atoms with Crippen LogP contribution in [0.4, 0.5) is 0 Å². The molecule has 1 aliphatic heterocycles. The third kappa shape index (κ3) is 3.26. The molecule has 0 aromatic heterocycles. The first-order valence-corrected chi connectivity index (χ1v) is 4.45. The highest BCUT2D eigenvalue weighted by Gasteiger charge is 2.03. The molecule has 1 nitrogen and oxygen atoms in total. The molecule has 1 heteroatoms. The molecule has 1 heterocycles. The minimum absolute atomic E-state index is 0.997. The van der Waals surface area contributed by atoms with E-state index in [9.17, 15) is 0 Å². The van der Waals surface area contributed by atoms with Crippen LogP contribution in [-0.4, -0.2) is 18.0 Å². The zero-order valence-corrected chi connectivity index (χ0v) is 7.13. The van der Waals surface area contributed by atoms with Crippen molar-refractivity contribution < 1.29 is 0 Å². The highest BCUT2D eigenvalue weighted by molar-refractivity contribution is 4.89. The summed E-state index contributed by atoms with van der Waals surface area (Å²) in [5.74, 6) is 0. The minimum atomic E-state index is 0.997. The fourth-order valence-electron chi connectivity index (χ4n) is 1.37. The average Bonchev–Trinajstić information content (AvgIpc) is 2.07. The van der Waals surface area contributed by atoms with E-state index >= 15 is 0 Å². The Morgan fingerprint density at radius 2 is 1.91 bits per heavy atom. The summed E-state index contributed by atoms with van der Waals surface area (Å²) in [5.41, 5.74) is 0. The molecule has 0 N–H and O–H groups in total. The lowest BCUT2D eigenvalue weighted by Crippen LogP contribution is -2.23. The Morgan fingerprint density at radius 3 is 2.55 bits per heavy atom. The Morgan fingerprint density at radius 1 is 1.18 bits per heavy atom. The first-order chi connectivity index (χ1) is 5.43. The van der Waals surface area contributed by atoms with Gasteiger partial charge in [0.25, 0.3) is 0 Å². The number of rotatable bonds is 3. The molecular formula is C10H17N. The third-order valence-electron chi connectivity index (χ3n) is 2.01. The van der Waals surface area contributed by atoms with Crippen molar-refractivity contribution in [2.75, 3.05) is 13.1 Å². The standard InChI is InChI=1S/C10H17N/c1-2-3-5-8-11-9-6-4-7-10-11/h2,5,8H,1,3-4,6-7,9-10H2/b8-5+. The fourth-order valence-corrected chi connectivity index (χ4v) is 1.37. The van der Waals surface area contributed by atoms with E-state index in [-0.39, 0.29) is 0 Å². The van der Waals surface area contributed by atoms with Gasteiger partial charge in [-0.05, 0) is 31.9 Å². The normalized spacial score (nSPS) is 19.1. The first-order valence-electron chi connectivity index (χ1n) is 4.45. The van der Waals surface area contributed by atoms with E-state index < -0.39 is 0 Å². The molecule has 0 atom stereocenters. The van der Waals surface area contributed by atoms with Crippen molar-refractivity contribution in [2.45, 2.75) is 25.7 Å². The Labute approximate surface area is 69.4 Å². The fraction of sp³-hybridized carbons (Fsp3) is 0.600. The number of likely N-dealkylation sites (tertiary alicyclic amines) is 1. The first kappa shape index (κ1) is 8.38. The van der Waals surface area contributed by atoms with Crippen LogP contribution >= 0.6 is 0 Å². The molecule has 0 aromatic rings. The maximum atomic E-state index is 3.67. The van der Waals surface area contributed by atoms with Gasteiger partial charge >= 0.3 is 0 Å². The lowest BCUT2D eigenvalue weighted by Gasteiger charge is -2.24. The van der Waals surface area contributed by atoms with Crippen LogP contribution in [0.3, 0.4) is 0 Å². The summed E-state index contributed by atoms with van der Waals surface area (Å²) in [6.07, 6.45) is 11.4. The van der Waals surface area contributed by atoms with E-state index in [4.69, 9.17) is 0 Å². The van der Waals surface area contributed by atoms with Crippen molar-refractivity contribution in [2.24, 2.45) is 0 Å². The SMILES string of the molecule is C=CC/C=C/N1CCCCC1. The second-order valence-corrected chi connectivity index (χ2v) is 3.01. The zero-order chi connectivity index (χ0) is 7.94. The maximum Gasteiger partial charge on any atom is 0.0172 e. The van der Waals surface area contributed by atoms with E-state index in [1.807, 2.05) is 6.08 Å². The number of nitrogens with zero attached hydrogens (tertiary/aromatic N) is 1. The predicted molar refractivity (Wildman–Crippen MR) is 49.4 cm³/mol. The molecule has 1 aliphatic rings. The summed E-state index contributed by atoms with van der Waals surface area (Å²) in [4.78, 5) is 2.40. The Bertz CT molecular complexity index is 132. The molecule has 0 aromatic carbocycles. The predicted octanol–water partition coefficient (Wildman–Crippen LogP) is 2.56. The molecule has 11 heavy (non-hydrogen) atoms. The Kier molecular flexibility index (Phi) is 3.81. The van der Waals surface area contributed by atoms with Crippen LogP contribution < -0.4 is 0 Å². The summed E-state index contributed by atoms with van der Waals surface area (Å²) in [5, 5.41) is 0. The number of piperidine rings is 1.